The van der Waals surface area contributed by atoms with E-state index < -0.39 is 71.3 Å². The highest BCUT2D eigenvalue weighted by Gasteiger charge is 2.54. The number of oxime groups is 1. The first-order valence-corrected chi connectivity index (χ1v) is 18.9. The molecule has 1 aromatic carbocycles. The van der Waals surface area contributed by atoms with Gasteiger partial charge in [-0.25, -0.2) is 20.0 Å². The minimum Gasteiger partial charge on any atom is -0.477 e. The number of aromatic nitrogens is 3. The molecule has 26 heteroatoms. The number of carboxylic acids is 1. The van der Waals surface area contributed by atoms with Crippen LogP contribution < -0.4 is 36.7 Å². The van der Waals surface area contributed by atoms with Crippen LogP contribution >= 0.6 is 46.2 Å². The van der Waals surface area contributed by atoms with Crippen LogP contribution in [-0.2, 0) is 33.6 Å². The monoisotopic (exact) mass is 834 g/mol. The number of thioether (sulfide) groups is 2. The predicted molar refractivity (Wildman–Crippen MR) is 193 cm³/mol. The lowest BCUT2D eigenvalue weighted by molar-refractivity contribution is -0.150. The lowest BCUT2D eigenvalue weighted by Gasteiger charge is -2.49. The van der Waals surface area contributed by atoms with Crippen molar-refractivity contribution in [1.82, 2.24) is 41.6 Å². The van der Waals surface area contributed by atoms with Gasteiger partial charge in [0.25, 0.3) is 23.6 Å². The Balaban J connectivity index is 1.16. The average molecular weight is 835 g/mol. The number of aliphatic carboxylic acids is 1. The smallest absolute Gasteiger partial charge is 0.352 e. The summed E-state index contributed by atoms with van der Waals surface area (Å²) in [6, 6.07) is 1.01. The third-order valence-electron chi connectivity index (χ3n) is 6.79. The van der Waals surface area contributed by atoms with Crippen LogP contribution in [0.25, 0.3) is 0 Å². The van der Waals surface area contributed by atoms with Crippen LogP contribution in [0.4, 0.5) is 9.93 Å². The molecule has 0 aliphatic carbocycles. The number of β-lactam (4-membered cyclic amide) rings is 1. The summed E-state index contributed by atoms with van der Waals surface area (Å²) in [6.45, 7) is 1.33. The van der Waals surface area contributed by atoms with Gasteiger partial charge in [0.15, 0.2) is 21.8 Å². The number of amides is 6. The maximum atomic E-state index is 13.4. The Morgan fingerprint density at radius 2 is 1.76 bits per heavy atom. The third kappa shape index (κ3) is 10.3. The number of hydrogen-bond acceptors (Lipinski definition) is 20. The number of carboxylic acid groups (broad SMARTS) is 1. The maximum absolute atomic E-state index is 13.4. The van der Waals surface area contributed by atoms with E-state index in [9.17, 15) is 43.5 Å². The Morgan fingerprint density at radius 3 is 2.36 bits per heavy atom. The second-order valence-corrected chi connectivity index (χ2v) is 14.8. The fourth-order valence-corrected chi connectivity index (χ4v) is 8.18. The second kappa shape index (κ2) is 17.8. The van der Waals surface area contributed by atoms with Crippen molar-refractivity contribution in [3.63, 3.8) is 0 Å². The SMILES string of the molecule is CC(=O)Oc1cc(OC(C)=O)cc(C(=O)NC(=O)NNC(=O)CO/N=C(/C(=O)NC2C(=O)N3C(C(=O)O)=C(CSc4nncs4)CSC23)c2csc(N)n2)c1. The second-order valence-electron chi connectivity index (χ2n) is 10.7. The lowest BCUT2D eigenvalue weighted by atomic mass is 10.0. The number of nitrogens with zero attached hydrogens (tertiary/aromatic N) is 5. The van der Waals surface area contributed by atoms with Crippen molar-refractivity contribution in [2.45, 2.75) is 29.6 Å². The van der Waals surface area contributed by atoms with E-state index in [1.165, 1.54) is 46.3 Å². The van der Waals surface area contributed by atoms with Crippen LogP contribution in [0.2, 0.25) is 0 Å². The Bertz CT molecular complexity index is 2090. The van der Waals surface area contributed by atoms with E-state index in [1.807, 2.05) is 16.2 Å². The number of fused-ring (bicyclic) bond motifs is 1. The van der Waals surface area contributed by atoms with Crippen LogP contribution in [0.3, 0.4) is 0 Å². The van der Waals surface area contributed by atoms with E-state index in [0.29, 0.717) is 9.91 Å². The van der Waals surface area contributed by atoms with Gasteiger partial charge in [0, 0.05) is 42.4 Å². The van der Waals surface area contributed by atoms with Gasteiger partial charge in [-0.1, -0.05) is 28.3 Å². The quantitative estimate of drug-likeness (QED) is 0.0326. The summed E-state index contributed by atoms with van der Waals surface area (Å²) in [5, 5.41) is 26.4. The maximum Gasteiger partial charge on any atom is 0.352 e. The van der Waals surface area contributed by atoms with Gasteiger partial charge in [-0.15, -0.1) is 33.3 Å². The summed E-state index contributed by atoms with van der Waals surface area (Å²) in [5.41, 5.74) is 10.6. The number of nitrogens with one attached hydrogen (secondary N) is 4. The zero-order valence-electron chi connectivity index (χ0n) is 28.0. The van der Waals surface area contributed by atoms with Crippen molar-refractivity contribution in [3.05, 3.63) is 51.6 Å². The molecule has 3 aromatic rings. The van der Waals surface area contributed by atoms with Crippen molar-refractivity contribution >= 4 is 105 Å². The molecule has 4 heterocycles. The van der Waals surface area contributed by atoms with E-state index in [0.717, 1.165) is 42.2 Å². The number of hydrogen-bond donors (Lipinski definition) is 6. The summed E-state index contributed by atoms with van der Waals surface area (Å²) in [7, 11) is 0. The predicted octanol–water partition coefficient (Wildman–Crippen LogP) is -0.150. The first kappa shape index (κ1) is 40.1. The molecule has 0 bridgehead atoms. The van der Waals surface area contributed by atoms with Crippen LogP contribution in [0.15, 0.2) is 49.9 Å². The zero-order valence-corrected chi connectivity index (χ0v) is 31.3. The summed E-state index contributed by atoms with van der Waals surface area (Å²) in [5.74, 6) is -6.22. The number of hydrazine groups is 1. The molecular formula is C29H26N10O12S4. The van der Waals surface area contributed by atoms with Crippen LogP contribution in [0.1, 0.15) is 29.9 Å². The van der Waals surface area contributed by atoms with Gasteiger partial charge in [-0.3, -0.25) is 44.4 Å². The Morgan fingerprint density at radius 1 is 1.05 bits per heavy atom. The van der Waals surface area contributed by atoms with Gasteiger partial charge in [-0.2, -0.15) is 0 Å². The van der Waals surface area contributed by atoms with Crippen molar-refractivity contribution in [1.29, 1.82) is 0 Å². The van der Waals surface area contributed by atoms with E-state index in [4.69, 9.17) is 20.0 Å². The Hall–Kier alpha value is -6.12. The summed E-state index contributed by atoms with van der Waals surface area (Å²) in [4.78, 5) is 109. The minimum atomic E-state index is -1.30. The Kier molecular flexibility index (Phi) is 13.0. The first-order valence-electron chi connectivity index (χ1n) is 15.1. The van der Waals surface area contributed by atoms with Crippen molar-refractivity contribution in [3.8, 4) is 11.5 Å². The molecule has 0 saturated carbocycles. The highest BCUT2D eigenvalue weighted by molar-refractivity contribution is 8.01. The molecule has 0 spiro atoms. The van der Waals surface area contributed by atoms with Gasteiger partial charge in [-0.05, 0) is 17.7 Å². The van der Waals surface area contributed by atoms with Crippen molar-refractivity contribution in [2.75, 3.05) is 23.8 Å². The number of nitrogen functional groups attached to an aromatic ring is 1. The lowest BCUT2D eigenvalue weighted by Crippen LogP contribution is -2.71. The fraction of sp³-hybridized carbons (Fsp3) is 0.241. The molecule has 288 valence electrons. The number of ether oxygens (including phenoxy) is 2. The molecule has 6 amide bonds. The number of carbonyl (C=O) groups excluding carboxylic acids is 7. The number of urea groups is 1. The van der Waals surface area contributed by atoms with Gasteiger partial charge >= 0.3 is 23.9 Å². The molecule has 2 aliphatic rings. The molecular weight excluding hydrogens is 809 g/mol. The minimum absolute atomic E-state index is 0.0580. The number of carbonyl (C=O) groups is 8. The highest BCUT2D eigenvalue weighted by atomic mass is 32.2. The molecule has 2 aromatic heterocycles. The van der Waals surface area contributed by atoms with Gasteiger partial charge in [0.2, 0.25) is 0 Å². The fourth-order valence-electron chi connectivity index (χ4n) is 4.66. The molecule has 0 radical (unpaired) electrons. The van der Waals surface area contributed by atoms with E-state index in [1.54, 1.807) is 5.51 Å². The highest BCUT2D eigenvalue weighted by Crippen LogP contribution is 2.41. The summed E-state index contributed by atoms with van der Waals surface area (Å²) < 4.78 is 10.5. The number of rotatable bonds is 13. The number of nitrogens with two attached hydrogens (primary N) is 1. The van der Waals surface area contributed by atoms with Crippen LogP contribution in [-0.4, -0.2) is 108 Å². The molecule has 1 saturated heterocycles. The third-order valence-corrected chi connectivity index (χ3v) is 10.7. The molecule has 1 fully saturated rings. The topological polar surface area (TPSA) is 313 Å². The van der Waals surface area contributed by atoms with Gasteiger partial charge in [0.1, 0.15) is 39.8 Å². The van der Waals surface area contributed by atoms with Crippen molar-refractivity contribution < 1.29 is 57.8 Å². The molecule has 22 nitrogen and oxygen atoms in total. The number of esters is 2. The van der Waals surface area contributed by atoms with Crippen LogP contribution in [0, 0.1) is 0 Å². The van der Waals surface area contributed by atoms with Gasteiger partial charge < -0.3 is 30.5 Å². The van der Waals surface area contributed by atoms with Gasteiger partial charge in [0.05, 0.1) is 0 Å². The molecule has 5 rings (SSSR count). The van der Waals surface area contributed by atoms with E-state index in [2.05, 4.69) is 25.7 Å². The number of thiazole rings is 1. The molecule has 2 aliphatic heterocycles. The number of benzene rings is 1. The van der Waals surface area contributed by atoms with E-state index in [-0.39, 0.29) is 45.1 Å². The summed E-state index contributed by atoms with van der Waals surface area (Å²) in [6.07, 6.45) is 0. The number of anilines is 1. The molecule has 2 unspecified atom stereocenters. The van der Waals surface area contributed by atoms with Crippen LogP contribution in [0.5, 0.6) is 11.5 Å². The largest absolute Gasteiger partial charge is 0.477 e. The summed E-state index contributed by atoms with van der Waals surface area (Å²) >= 11 is 4.78. The molecule has 7 N–H and O–H groups in total. The van der Waals surface area contributed by atoms with E-state index >= 15 is 0 Å². The average Bonchev–Trinajstić information content (AvgIpc) is 3.81. The standard InChI is InChI=1S/C29H26N10O12S4/c1-11(40)50-15-3-13(4-16(5-15)51-12(2)41)22(43)34-28(48)36-35-18(42)6-49-38-19(17-9-53-27(30)32-17)23(44)33-20-24(45)39-21(26(46)47)14(7-52-25(20)39)8-54-29-37-31-10-55-29/h3-5,9-10,20,25H,6-8H2,1-2H3,(H2,30,32)(H,33,44)(H,35,42)(H,46,47)(H2,34,36,43,48)/b38-19+. The number of imide groups is 1. The zero-order chi connectivity index (χ0) is 39.8. The van der Waals surface area contributed by atoms with Crippen molar-refractivity contribution in [2.24, 2.45) is 5.16 Å². The molecule has 55 heavy (non-hydrogen) atoms. The Labute approximate surface area is 324 Å². The first-order chi connectivity index (χ1) is 26.2. The molecule has 2 atom stereocenters. The normalized spacial score (nSPS) is 16.2.